The van der Waals surface area contributed by atoms with Gasteiger partial charge in [-0.05, 0) is 50.1 Å². The molecule has 2 aromatic rings. The minimum absolute atomic E-state index is 0.188. The number of cyclic esters (lactones) is 1. The number of nitrogens with zero attached hydrogens (tertiary/aromatic N) is 6. The van der Waals surface area contributed by atoms with Gasteiger partial charge in [0, 0.05) is 58.1 Å². The molecule has 1 atom stereocenters. The summed E-state index contributed by atoms with van der Waals surface area (Å²) in [6, 6.07) is 6.47. The molecule has 1 aromatic carbocycles. The lowest BCUT2D eigenvalue weighted by Gasteiger charge is -2.36. The number of urea groups is 1. The third-order valence-electron chi connectivity index (χ3n) is 7.31. The fraction of sp³-hybridized carbons (Fsp3) is 0.444. The second-order valence-electron chi connectivity index (χ2n) is 10.0. The summed E-state index contributed by atoms with van der Waals surface area (Å²) in [5.74, 6) is 0.367. The Hall–Kier alpha value is -4.15. The van der Waals surface area contributed by atoms with E-state index in [1.54, 1.807) is 23.1 Å². The molecular formula is C27H32N6O5. The highest BCUT2D eigenvalue weighted by Gasteiger charge is 2.37. The Morgan fingerprint density at radius 2 is 1.74 bits per heavy atom. The van der Waals surface area contributed by atoms with Crippen LogP contribution in [0.15, 0.2) is 30.5 Å². The molecule has 3 aliphatic heterocycles. The molecule has 0 bridgehead atoms. The minimum atomic E-state index is -0.480. The smallest absolute Gasteiger partial charge is 0.414 e. The van der Waals surface area contributed by atoms with Gasteiger partial charge in [-0.3, -0.25) is 24.3 Å². The largest absolute Gasteiger partial charge is 0.447 e. The quantitative estimate of drug-likeness (QED) is 0.610. The van der Waals surface area contributed by atoms with Crippen LogP contribution in [-0.4, -0.2) is 90.6 Å². The van der Waals surface area contributed by atoms with Gasteiger partial charge in [0.15, 0.2) is 0 Å². The minimum Gasteiger partial charge on any atom is -0.447 e. The zero-order chi connectivity index (χ0) is 27.1. The van der Waals surface area contributed by atoms with Crippen LogP contribution in [0.3, 0.4) is 0 Å². The van der Waals surface area contributed by atoms with Crippen LogP contribution in [0.1, 0.15) is 35.3 Å². The molecule has 3 fully saturated rings. The normalized spacial score (nSPS) is 19.9. The molecule has 3 saturated heterocycles. The molecule has 3 aliphatic rings. The average Bonchev–Trinajstić information content (AvgIpc) is 3.44. The summed E-state index contributed by atoms with van der Waals surface area (Å²) in [5.41, 5.74) is 3.47. The van der Waals surface area contributed by atoms with Crippen LogP contribution in [0.25, 0.3) is 0 Å². The Labute approximate surface area is 221 Å². The SMILES string of the molecule is CC(=O)N1CCN(c2cc(N3C(=O)OCC3C)ccc2C(=O)N2CCN(c3ncc(C)cc3C)CC2)C1=O. The van der Waals surface area contributed by atoms with Crippen LogP contribution < -0.4 is 14.7 Å². The second-order valence-corrected chi connectivity index (χ2v) is 10.0. The zero-order valence-corrected chi connectivity index (χ0v) is 22.1. The standard InChI is InChI=1S/C27H32N6O5/c1-17-13-18(2)24(28-15-17)29-7-9-30(10-8-29)25(35)22-6-5-21(33-19(3)16-38-27(33)37)14-23(22)32-12-11-31(20(4)34)26(32)36/h5-6,13-15,19H,7-12,16H2,1-4H3. The van der Waals surface area contributed by atoms with E-state index in [-0.39, 0.29) is 37.6 Å². The molecule has 5 rings (SSSR count). The van der Waals surface area contributed by atoms with E-state index in [4.69, 9.17) is 4.74 Å². The average molecular weight is 521 g/mol. The predicted molar refractivity (Wildman–Crippen MR) is 142 cm³/mol. The fourth-order valence-electron chi connectivity index (χ4n) is 5.33. The first-order valence-electron chi connectivity index (χ1n) is 12.8. The number of rotatable bonds is 4. The number of carbonyl (C=O) groups is 4. The van der Waals surface area contributed by atoms with Gasteiger partial charge in [0.25, 0.3) is 5.91 Å². The van der Waals surface area contributed by atoms with Crippen molar-refractivity contribution in [3.8, 4) is 0 Å². The Kier molecular flexibility index (Phi) is 6.68. The van der Waals surface area contributed by atoms with E-state index in [9.17, 15) is 19.2 Å². The van der Waals surface area contributed by atoms with Crippen molar-refractivity contribution in [1.29, 1.82) is 0 Å². The monoisotopic (exact) mass is 520 g/mol. The van der Waals surface area contributed by atoms with Crippen molar-refractivity contribution in [1.82, 2.24) is 14.8 Å². The lowest BCUT2D eigenvalue weighted by molar-refractivity contribution is -0.125. The summed E-state index contributed by atoms with van der Waals surface area (Å²) < 4.78 is 5.17. The zero-order valence-electron chi connectivity index (χ0n) is 22.1. The first-order valence-corrected chi connectivity index (χ1v) is 12.8. The highest BCUT2D eigenvalue weighted by molar-refractivity contribution is 6.09. The summed E-state index contributed by atoms with van der Waals surface area (Å²) in [4.78, 5) is 63.9. The molecule has 11 nitrogen and oxygen atoms in total. The molecular weight excluding hydrogens is 488 g/mol. The predicted octanol–water partition coefficient (Wildman–Crippen LogP) is 2.79. The molecule has 0 radical (unpaired) electrons. The molecule has 0 aliphatic carbocycles. The summed E-state index contributed by atoms with van der Waals surface area (Å²) in [6.45, 7) is 10.3. The number of ether oxygens (including phenoxy) is 1. The number of aryl methyl sites for hydroxylation is 2. The van der Waals surface area contributed by atoms with Gasteiger partial charge in [0.1, 0.15) is 12.4 Å². The molecule has 5 amide bonds. The molecule has 11 heteroatoms. The molecule has 0 spiro atoms. The number of imide groups is 1. The van der Waals surface area contributed by atoms with Crippen LogP contribution in [0.4, 0.5) is 26.8 Å². The highest BCUT2D eigenvalue weighted by Crippen LogP contribution is 2.33. The fourth-order valence-corrected chi connectivity index (χ4v) is 5.33. The number of hydrogen-bond donors (Lipinski definition) is 0. The van der Waals surface area contributed by atoms with Gasteiger partial charge in [-0.25, -0.2) is 14.6 Å². The third kappa shape index (κ3) is 4.52. The highest BCUT2D eigenvalue weighted by atomic mass is 16.6. The Bertz CT molecular complexity index is 1300. The maximum atomic E-state index is 13.8. The summed E-state index contributed by atoms with van der Waals surface area (Å²) >= 11 is 0. The lowest BCUT2D eigenvalue weighted by atomic mass is 10.1. The number of pyridine rings is 1. The lowest BCUT2D eigenvalue weighted by Crippen LogP contribution is -2.49. The van der Waals surface area contributed by atoms with Crippen LogP contribution in [0.2, 0.25) is 0 Å². The first-order chi connectivity index (χ1) is 18.2. The third-order valence-corrected chi connectivity index (χ3v) is 7.31. The van der Waals surface area contributed by atoms with Gasteiger partial charge in [-0.1, -0.05) is 6.07 Å². The van der Waals surface area contributed by atoms with Gasteiger partial charge in [-0.2, -0.15) is 0 Å². The molecule has 1 unspecified atom stereocenters. The van der Waals surface area contributed by atoms with E-state index in [2.05, 4.69) is 16.0 Å². The molecule has 1 aromatic heterocycles. The van der Waals surface area contributed by atoms with Crippen LogP contribution in [0, 0.1) is 13.8 Å². The van der Waals surface area contributed by atoms with E-state index in [1.807, 2.05) is 27.0 Å². The van der Waals surface area contributed by atoms with Gasteiger partial charge in [0.2, 0.25) is 5.91 Å². The van der Waals surface area contributed by atoms with Gasteiger partial charge in [-0.15, -0.1) is 0 Å². The van der Waals surface area contributed by atoms with Crippen LogP contribution in [-0.2, 0) is 9.53 Å². The second kappa shape index (κ2) is 9.96. The van der Waals surface area contributed by atoms with Crippen molar-refractivity contribution < 1.29 is 23.9 Å². The van der Waals surface area contributed by atoms with Crippen molar-refractivity contribution in [2.45, 2.75) is 33.7 Å². The van der Waals surface area contributed by atoms with Crippen molar-refractivity contribution in [2.24, 2.45) is 0 Å². The van der Waals surface area contributed by atoms with Gasteiger partial charge < -0.3 is 14.5 Å². The number of hydrogen-bond acceptors (Lipinski definition) is 7. The number of carbonyl (C=O) groups excluding carboxylic acids is 4. The van der Waals surface area contributed by atoms with Crippen molar-refractivity contribution in [3.05, 3.63) is 47.2 Å². The van der Waals surface area contributed by atoms with Crippen LogP contribution in [0.5, 0.6) is 0 Å². The number of aromatic nitrogens is 1. The Balaban J connectivity index is 1.42. The van der Waals surface area contributed by atoms with Gasteiger partial charge in [0.05, 0.1) is 17.3 Å². The number of benzene rings is 1. The molecule has 200 valence electrons. The summed E-state index contributed by atoms with van der Waals surface area (Å²) in [6.07, 6.45) is 1.37. The van der Waals surface area contributed by atoms with Gasteiger partial charge >= 0.3 is 12.1 Å². The van der Waals surface area contributed by atoms with E-state index in [0.717, 1.165) is 21.8 Å². The van der Waals surface area contributed by atoms with E-state index < -0.39 is 12.1 Å². The topological polar surface area (TPSA) is 107 Å². The number of anilines is 3. The molecule has 0 N–H and O–H groups in total. The van der Waals surface area contributed by atoms with E-state index >= 15 is 0 Å². The van der Waals surface area contributed by atoms with Crippen molar-refractivity contribution in [3.63, 3.8) is 0 Å². The Morgan fingerprint density at radius 3 is 2.34 bits per heavy atom. The molecule has 4 heterocycles. The maximum Gasteiger partial charge on any atom is 0.414 e. The van der Waals surface area contributed by atoms with E-state index in [1.165, 1.54) is 16.7 Å². The number of amides is 5. The summed E-state index contributed by atoms with van der Waals surface area (Å²) in [5, 5.41) is 0. The number of piperazine rings is 1. The first kappa shape index (κ1) is 25.5. The van der Waals surface area contributed by atoms with Crippen molar-refractivity contribution >= 4 is 41.1 Å². The van der Waals surface area contributed by atoms with Crippen LogP contribution >= 0.6 is 0 Å². The maximum absolute atomic E-state index is 13.8. The molecule has 0 saturated carbocycles. The Morgan fingerprint density at radius 1 is 1.00 bits per heavy atom. The summed E-state index contributed by atoms with van der Waals surface area (Å²) in [7, 11) is 0. The molecule has 38 heavy (non-hydrogen) atoms. The van der Waals surface area contributed by atoms with E-state index in [0.29, 0.717) is 43.1 Å². The van der Waals surface area contributed by atoms with Crippen molar-refractivity contribution in [2.75, 3.05) is 60.6 Å².